The lowest BCUT2D eigenvalue weighted by Crippen LogP contribution is -2.48. The fourth-order valence-electron chi connectivity index (χ4n) is 2.51. The third-order valence-electron chi connectivity index (χ3n) is 3.56. The van der Waals surface area contributed by atoms with Crippen LogP contribution >= 0.6 is 0 Å². The number of hydrogen-bond acceptors (Lipinski definition) is 6. The molecule has 1 fully saturated rings. The van der Waals surface area contributed by atoms with E-state index in [1.807, 2.05) is 13.8 Å². The largest absolute Gasteiger partial charge is 0.444 e. The number of sulfonamides is 1. The summed E-state index contributed by atoms with van der Waals surface area (Å²) in [4.78, 5) is 12.0. The highest BCUT2D eigenvalue weighted by Gasteiger charge is 2.32. The minimum atomic E-state index is -3.74. The van der Waals surface area contributed by atoms with Gasteiger partial charge >= 0.3 is 5.97 Å². The van der Waals surface area contributed by atoms with Gasteiger partial charge in [-0.2, -0.15) is 9.57 Å². The van der Waals surface area contributed by atoms with E-state index in [0.717, 1.165) is 0 Å². The molecule has 1 saturated heterocycles. The summed E-state index contributed by atoms with van der Waals surface area (Å²) >= 11 is 0. The SMILES string of the molecule is C[C@@H]1CN(S(=O)(=O)c2cccc(C(=O)O[C@@H](C)C#N)c2)C[C@H](C)O1. The van der Waals surface area contributed by atoms with E-state index in [0.29, 0.717) is 0 Å². The lowest BCUT2D eigenvalue weighted by atomic mass is 10.2. The second kappa shape index (κ2) is 7.30. The monoisotopic (exact) mass is 352 g/mol. The Hall–Kier alpha value is -1.95. The number of esters is 1. The van der Waals surface area contributed by atoms with Gasteiger partial charge in [-0.05, 0) is 39.0 Å². The molecule has 0 aliphatic carbocycles. The molecule has 1 aliphatic rings. The van der Waals surface area contributed by atoms with Crippen LogP contribution in [0.25, 0.3) is 0 Å². The van der Waals surface area contributed by atoms with Gasteiger partial charge < -0.3 is 9.47 Å². The molecule has 24 heavy (non-hydrogen) atoms. The summed E-state index contributed by atoms with van der Waals surface area (Å²) in [6, 6.07) is 7.43. The normalized spacial score (nSPS) is 23.2. The molecule has 0 bridgehead atoms. The Labute approximate surface area is 141 Å². The zero-order chi connectivity index (χ0) is 17.9. The number of morpholine rings is 1. The maximum absolute atomic E-state index is 12.8. The van der Waals surface area contributed by atoms with Crippen molar-refractivity contribution < 1.29 is 22.7 Å². The fourth-order valence-corrected chi connectivity index (χ4v) is 4.15. The van der Waals surface area contributed by atoms with Gasteiger partial charge in [0.05, 0.1) is 22.7 Å². The van der Waals surface area contributed by atoms with E-state index >= 15 is 0 Å². The molecule has 0 saturated carbocycles. The summed E-state index contributed by atoms with van der Waals surface area (Å²) in [6.07, 6.45) is -1.31. The van der Waals surface area contributed by atoms with E-state index in [1.165, 1.54) is 35.5 Å². The molecule has 8 heteroatoms. The third kappa shape index (κ3) is 4.12. The predicted octanol–water partition coefficient (Wildman–Crippen LogP) is 1.55. The van der Waals surface area contributed by atoms with E-state index in [9.17, 15) is 13.2 Å². The molecule has 1 aliphatic heterocycles. The van der Waals surface area contributed by atoms with Crippen LogP contribution in [-0.2, 0) is 19.5 Å². The molecule has 1 heterocycles. The van der Waals surface area contributed by atoms with Gasteiger partial charge in [-0.25, -0.2) is 13.2 Å². The Morgan fingerprint density at radius 1 is 1.38 bits per heavy atom. The number of nitrogens with zero attached hydrogens (tertiary/aromatic N) is 2. The van der Waals surface area contributed by atoms with Crippen LogP contribution in [0.4, 0.5) is 0 Å². The van der Waals surface area contributed by atoms with Crippen molar-refractivity contribution in [3.05, 3.63) is 29.8 Å². The number of nitriles is 1. The number of rotatable bonds is 4. The summed E-state index contributed by atoms with van der Waals surface area (Å²) < 4.78 is 37.4. The lowest BCUT2D eigenvalue weighted by Gasteiger charge is -2.34. The van der Waals surface area contributed by atoms with Crippen LogP contribution in [0.15, 0.2) is 29.2 Å². The van der Waals surface area contributed by atoms with Crippen molar-refractivity contribution >= 4 is 16.0 Å². The highest BCUT2D eigenvalue weighted by molar-refractivity contribution is 7.89. The van der Waals surface area contributed by atoms with Crippen LogP contribution in [0.3, 0.4) is 0 Å². The molecule has 0 aromatic heterocycles. The van der Waals surface area contributed by atoms with Crippen molar-refractivity contribution in [1.29, 1.82) is 5.26 Å². The zero-order valence-corrected chi connectivity index (χ0v) is 14.6. The van der Waals surface area contributed by atoms with Crippen LogP contribution in [0.1, 0.15) is 31.1 Å². The van der Waals surface area contributed by atoms with Gasteiger partial charge in [-0.15, -0.1) is 0 Å². The molecule has 3 atom stereocenters. The van der Waals surface area contributed by atoms with Gasteiger partial charge in [-0.1, -0.05) is 6.07 Å². The summed E-state index contributed by atoms with van der Waals surface area (Å²) in [5.74, 6) is -0.732. The molecule has 0 amide bonds. The van der Waals surface area contributed by atoms with Gasteiger partial charge in [0, 0.05) is 13.1 Å². The molecular weight excluding hydrogens is 332 g/mol. The van der Waals surface area contributed by atoms with Gasteiger partial charge in [-0.3, -0.25) is 0 Å². The lowest BCUT2D eigenvalue weighted by molar-refractivity contribution is -0.0440. The Morgan fingerprint density at radius 2 is 2.00 bits per heavy atom. The second-order valence-corrected chi connectivity index (χ2v) is 7.72. The molecule has 2 rings (SSSR count). The van der Waals surface area contributed by atoms with Crippen molar-refractivity contribution in [3.63, 3.8) is 0 Å². The van der Waals surface area contributed by atoms with Gasteiger partial charge in [0.2, 0.25) is 10.0 Å². The Balaban J connectivity index is 2.27. The van der Waals surface area contributed by atoms with E-state index in [-0.39, 0.29) is 35.8 Å². The highest BCUT2D eigenvalue weighted by Crippen LogP contribution is 2.22. The van der Waals surface area contributed by atoms with Crippen molar-refractivity contribution in [1.82, 2.24) is 4.31 Å². The van der Waals surface area contributed by atoms with Crippen LogP contribution in [0.2, 0.25) is 0 Å². The quantitative estimate of drug-likeness (QED) is 0.763. The number of ether oxygens (including phenoxy) is 2. The maximum Gasteiger partial charge on any atom is 0.339 e. The van der Waals surface area contributed by atoms with Crippen molar-refractivity contribution in [3.8, 4) is 6.07 Å². The van der Waals surface area contributed by atoms with Gasteiger partial charge in [0.1, 0.15) is 6.07 Å². The maximum atomic E-state index is 12.8. The van der Waals surface area contributed by atoms with Crippen LogP contribution in [0.5, 0.6) is 0 Å². The predicted molar refractivity (Wildman–Crippen MR) is 85.7 cm³/mol. The molecule has 1 aromatic rings. The number of hydrogen-bond donors (Lipinski definition) is 0. The third-order valence-corrected chi connectivity index (χ3v) is 5.39. The van der Waals surface area contributed by atoms with Gasteiger partial charge in [0.25, 0.3) is 0 Å². The molecule has 1 aromatic carbocycles. The Kier molecular flexibility index (Phi) is 5.59. The van der Waals surface area contributed by atoms with E-state index in [4.69, 9.17) is 14.7 Å². The summed E-state index contributed by atoms with van der Waals surface area (Å²) in [7, 11) is -3.74. The number of carbonyl (C=O) groups excluding carboxylic acids is 1. The first-order valence-electron chi connectivity index (χ1n) is 7.60. The first-order chi connectivity index (χ1) is 11.2. The minimum absolute atomic E-state index is 0.0165. The molecule has 130 valence electrons. The average Bonchev–Trinajstić information content (AvgIpc) is 2.53. The van der Waals surface area contributed by atoms with Crippen LogP contribution in [0, 0.1) is 11.3 Å². The topological polar surface area (TPSA) is 96.7 Å². The number of carbonyl (C=O) groups is 1. The van der Waals surface area contributed by atoms with Crippen LogP contribution < -0.4 is 0 Å². The molecule has 0 unspecified atom stereocenters. The molecule has 0 spiro atoms. The van der Waals surface area contributed by atoms with E-state index in [2.05, 4.69) is 0 Å². The molecular formula is C16H20N2O5S. The Bertz CT molecular complexity index is 746. The summed E-state index contributed by atoms with van der Waals surface area (Å²) in [5.41, 5.74) is 0.0903. The summed E-state index contributed by atoms with van der Waals surface area (Å²) in [6.45, 7) is 5.58. The van der Waals surface area contributed by atoms with E-state index in [1.54, 1.807) is 6.07 Å². The highest BCUT2D eigenvalue weighted by atomic mass is 32.2. The fraction of sp³-hybridized carbons (Fsp3) is 0.500. The van der Waals surface area contributed by atoms with Crippen molar-refractivity contribution in [2.24, 2.45) is 0 Å². The minimum Gasteiger partial charge on any atom is -0.444 e. The Morgan fingerprint density at radius 3 is 2.58 bits per heavy atom. The van der Waals surface area contributed by atoms with Crippen molar-refractivity contribution in [2.45, 2.75) is 44.0 Å². The molecule has 7 nitrogen and oxygen atoms in total. The van der Waals surface area contributed by atoms with Gasteiger partial charge in [0.15, 0.2) is 6.10 Å². The first-order valence-corrected chi connectivity index (χ1v) is 9.04. The average molecular weight is 352 g/mol. The summed E-state index contributed by atoms with van der Waals surface area (Å²) in [5, 5.41) is 8.69. The standard InChI is InChI=1S/C16H20N2O5S/c1-11(8-17)23-16(19)14-5-4-6-15(7-14)24(20,21)18-9-12(2)22-13(3)10-18/h4-7,11-13H,9-10H2,1-3H3/t11-,12-,13+/m0/s1. The first kappa shape index (κ1) is 18.4. The zero-order valence-electron chi connectivity index (χ0n) is 13.8. The number of benzene rings is 1. The van der Waals surface area contributed by atoms with E-state index < -0.39 is 22.1 Å². The molecule has 0 N–H and O–H groups in total. The second-order valence-electron chi connectivity index (χ2n) is 5.78. The van der Waals surface area contributed by atoms with Crippen molar-refractivity contribution in [2.75, 3.05) is 13.1 Å². The molecule has 0 radical (unpaired) electrons. The van der Waals surface area contributed by atoms with Crippen LogP contribution in [-0.4, -0.2) is 50.1 Å². The smallest absolute Gasteiger partial charge is 0.339 e.